The van der Waals surface area contributed by atoms with Gasteiger partial charge in [-0.25, -0.2) is 9.07 Å². The van der Waals surface area contributed by atoms with Crippen LogP contribution in [0.5, 0.6) is 5.75 Å². The topological polar surface area (TPSA) is 27.1 Å². The number of ether oxygens (including phenoxy) is 1. The molecule has 2 aromatic carbocycles. The van der Waals surface area contributed by atoms with E-state index in [-0.39, 0.29) is 5.82 Å². The molecule has 0 amide bonds. The maximum Gasteiger partial charge on any atom is 0.184 e. The van der Waals surface area contributed by atoms with Gasteiger partial charge in [0.2, 0.25) is 0 Å². The van der Waals surface area contributed by atoms with Gasteiger partial charge >= 0.3 is 0 Å². The molecule has 124 valence electrons. The number of rotatable bonds is 6. The maximum absolute atomic E-state index is 13.0. The summed E-state index contributed by atoms with van der Waals surface area (Å²) < 4.78 is 22.0. The van der Waals surface area contributed by atoms with Crippen molar-refractivity contribution in [3.8, 4) is 11.4 Å². The molecule has 0 fully saturated rings. The quantitative estimate of drug-likeness (QED) is 0.331. The zero-order valence-corrected chi connectivity index (χ0v) is 15.4. The van der Waals surface area contributed by atoms with Crippen molar-refractivity contribution in [1.82, 2.24) is 9.78 Å². The highest BCUT2D eigenvalue weighted by molar-refractivity contribution is 8.01. The van der Waals surface area contributed by atoms with E-state index < -0.39 is 0 Å². The average Bonchev–Trinajstić information content (AvgIpc) is 2.95. The van der Waals surface area contributed by atoms with Crippen LogP contribution in [-0.4, -0.2) is 22.1 Å². The van der Waals surface area contributed by atoms with E-state index in [0.29, 0.717) is 10.6 Å². The van der Waals surface area contributed by atoms with Gasteiger partial charge in [-0.2, -0.15) is 0 Å². The predicted molar refractivity (Wildman–Crippen MR) is 99.6 cm³/mol. The molecule has 24 heavy (non-hydrogen) atoms. The molecule has 0 bridgehead atoms. The lowest BCUT2D eigenvalue weighted by atomic mass is 10.2. The standard InChI is InChI=1S/C17H15FN2OS3/c1-12-4-2-3-5-15(12)21-10-11-23-16-19-20(17(22)24-16)14-8-6-13(18)7-9-14/h2-9H,10-11H2,1H3. The number of aromatic nitrogens is 2. The Morgan fingerprint density at radius 2 is 1.96 bits per heavy atom. The van der Waals surface area contributed by atoms with Crippen LogP contribution in [-0.2, 0) is 0 Å². The number of benzene rings is 2. The fourth-order valence-electron chi connectivity index (χ4n) is 2.06. The minimum atomic E-state index is -0.275. The Morgan fingerprint density at radius 3 is 2.71 bits per heavy atom. The van der Waals surface area contributed by atoms with Crippen LogP contribution in [0.15, 0.2) is 52.9 Å². The van der Waals surface area contributed by atoms with E-state index >= 15 is 0 Å². The van der Waals surface area contributed by atoms with Crippen LogP contribution in [0.3, 0.4) is 0 Å². The zero-order valence-electron chi connectivity index (χ0n) is 12.9. The van der Waals surface area contributed by atoms with Crippen LogP contribution in [0.2, 0.25) is 0 Å². The second-order valence-electron chi connectivity index (χ2n) is 4.98. The second kappa shape index (κ2) is 7.92. The molecule has 3 rings (SSSR count). The van der Waals surface area contributed by atoms with Crippen molar-refractivity contribution in [3.05, 3.63) is 63.9 Å². The molecule has 0 saturated heterocycles. The molecule has 7 heteroatoms. The third kappa shape index (κ3) is 4.23. The van der Waals surface area contributed by atoms with Gasteiger partial charge in [0.25, 0.3) is 0 Å². The van der Waals surface area contributed by atoms with Gasteiger partial charge in [-0.05, 0) is 55.0 Å². The molecule has 1 heterocycles. The van der Waals surface area contributed by atoms with Gasteiger partial charge in [0.1, 0.15) is 11.6 Å². The Bertz CT molecular complexity index is 874. The molecule has 0 atom stereocenters. The summed E-state index contributed by atoms with van der Waals surface area (Å²) in [5.74, 6) is 1.41. The summed E-state index contributed by atoms with van der Waals surface area (Å²) in [7, 11) is 0. The monoisotopic (exact) mass is 378 g/mol. The molecule has 3 nitrogen and oxygen atoms in total. The van der Waals surface area contributed by atoms with Crippen molar-refractivity contribution >= 4 is 35.3 Å². The van der Waals surface area contributed by atoms with Crippen LogP contribution in [0.4, 0.5) is 4.39 Å². The van der Waals surface area contributed by atoms with E-state index in [1.54, 1.807) is 28.6 Å². The second-order valence-corrected chi connectivity index (χ2v) is 7.95. The van der Waals surface area contributed by atoms with Crippen molar-refractivity contribution in [1.29, 1.82) is 0 Å². The molecule has 0 aliphatic carbocycles. The lowest BCUT2D eigenvalue weighted by Gasteiger charge is -2.07. The maximum atomic E-state index is 13.0. The molecule has 1 aromatic heterocycles. The molecule has 0 unspecified atom stereocenters. The summed E-state index contributed by atoms with van der Waals surface area (Å²) >= 11 is 8.38. The van der Waals surface area contributed by atoms with Gasteiger partial charge < -0.3 is 4.74 Å². The van der Waals surface area contributed by atoms with E-state index in [9.17, 15) is 4.39 Å². The number of thioether (sulfide) groups is 1. The van der Waals surface area contributed by atoms with Crippen LogP contribution in [0.1, 0.15) is 5.56 Å². The highest BCUT2D eigenvalue weighted by atomic mass is 32.2. The minimum absolute atomic E-state index is 0.275. The van der Waals surface area contributed by atoms with Gasteiger partial charge in [-0.3, -0.25) is 0 Å². The number of hydrogen-bond acceptors (Lipinski definition) is 5. The van der Waals surface area contributed by atoms with Crippen molar-refractivity contribution in [2.45, 2.75) is 11.3 Å². The fourth-order valence-corrected chi connectivity index (χ4v) is 4.31. The normalized spacial score (nSPS) is 10.8. The molecular formula is C17H15FN2OS3. The molecule has 3 aromatic rings. The lowest BCUT2D eigenvalue weighted by molar-refractivity contribution is 0.341. The summed E-state index contributed by atoms with van der Waals surface area (Å²) in [4.78, 5) is 0. The highest BCUT2D eigenvalue weighted by Crippen LogP contribution is 2.24. The summed E-state index contributed by atoms with van der Waals surface area (Å²) in [5.41, 5.74) is 1.89. The van der Waals surface area contributed by atoms with E-state index in [0.717, 1.165) is 27.1 Å². The largest absolute Gasteiger partial charge is 0.492 e. The van der Waals surface area contributed by atoms with Gasteiger partial charge in [0.15, 0.2) is 8.29 Å². The van der Waals surface area contributed by atoms with Gasteiger partial charge in [0, 0.05) is 5.75 Å². The van der Waals surface area contributed by atoms with Gasteiger partial charge in [0.05, 0.1) is 12.3 Å². The summed E-state index contributed by atoms with van der Waals surface area (Å²) in [6, 6.07) is 14.1. The Hall–Kier alpha value is -1.70. The third-order valence-corrected chi connectivity index (χ3v) is 5.59. The smallest absolute Gasteiger partial charge is 0.184 e. The first kappa shape index (κ1) is 17.1. The Morgan fingerprint density at radius 1 is 1.21 bits per heavy atom. The molecule has 0 aliphatic heterocycles. The summed E-state index contributed by atoms with van der Waals surface area (Å²) in [6.07, 6.45) is 0. The molecule has 0 aliphatic rings. The first-order valence-electron chi connectivity index (χ1n) is 7.31. The molecule has 0 saturated carbocycles. The fraction of sp³-hybridized carbons (Fsp3) is 0.176. The number of para-hydroxylation sites is 1. The SMILES string of the molecule is Cc1ccccc1OCCSc1nn(-c2ccc(F)cc2)c(=S)s1. The number of hydrogen-bond donors (Lipinski definition) is 0. The Balaban J connectivity index is 1.59. The van der Waals surface area contributed by atoms with Crippen molar-refractivity contribution in [3.63, 3.8) is 0 Å². The first-order chi connectivity index (χ1) is 11.6. The Kier molecular flexibility index (Phi) is 5.65. The Labute approximate surface area is 153 Å². The number of halogens is 1. The molecule has 0 N–H and O–H groups in total. The van der Waals surface area contributed by atoms with E-state index in [4.69, 9.17) is 17.0 Å². The molecule has 0 radical (unpaired) electrons. The third-order valence-electron chi connectivity index (χ3n) is 3.26. The van der Waals surface area contributed by atoms with E-state index in [2.05, 4.69) is 5.10 Å². The summed E-state index contributed by atoms with van der Waals surface area (Å²) in [6.45, 7) is 2.62. The van der Waals surface area contributed by atoms with E-state index in [1.165, 1.54) is 23.5 Å². The van der Waals surface area contributed by atoms with Crippen molar-refractivity contribution in [2.75, 3.05) is 12.4 Å². The highest BCUT2D eigenvalue weighted by Gasteiger charge is 2.07. The predicted octanol–water partition coefficient (Wildman–Crippen LogP) is 5.28. The molecular weight excluding hydrogens is 363 g/mol. The number of aryl methyl sites for hydroxylation is 1. The van der Waals surface area contributed by atoms with Crippen LogP contribution in [0, 0.1) is 16.7 Å². The van der Waals surface area contributed by atoms with Crippen LogP contribution in [0.25, 0.3) is 5.69 Å². The van der Waals surface area contributed by atoms with Gasteiger partial charge in [-0.1, -0.05) is 41.3 Å². The summed E-state index contributed by atoms with van der Waals surface area (Å²) in [5, 5.41) is 4.49. The van der Waals surface area contributed by atoms with Crippen LogP contribution < -0.4 is 4.74 Å². The molecule has 0 spiro atoms. The average molecular weight is 379 g/mol. The lowest BCUT2D eigenvalue weighted by Crippen LogP contribution is -2.01. The minimum Gasteiger partial charge on any atom is -0.492 e. The zero-order chi connectivity index (χ0) is 16.9. The van der Waals surface area contributed by atoms with Crippen molar-refractivity contribution < 1.29 is 9.13 Å². The van der Waals surface area contributed by atoms with Crippen molar-refractivity contribution in [2.24, 2.45) is 0 Å². The first-order valence-corrected chi connectivity index (χ1v) is 9.52. The van der Waals surface area contributed by atoms with Gasteiger partial charge in [-0.15, -0.1) is 5.10 Å². The van der Waals surface area contributed by atoms with E-state index in [1.807, 2.05) is 31.2 Å². The number of nitrogens with zero attached hydrogens (tertiary/aromatic N) is 2. The van der Waals surface area contributed by atoms with Crippen LogP contribution >= 0.6 is 35.3 Å².